The molecule has 3 heteroatoms. The van der Waals surface area contributed by atoms with Crippen molar-refractivity contribution in [3.8, 4) is 11.3 Å². The van der Waals surface area contributed by atoms with Crippen LogP contribution < -0.4 is 5.73 Å². The third-order valence-electron chi connectivity index (χ3n) is 2.38. The lowest BCUT2D eigenvalue weighted by Crippen LogP contribution is -1.90. The molecular weight excluding hydrogens is 188 g/mol. The van der Waals surface area contributed by atoms with Crippen LogP contribution in [0.4, 0.5) is 5.82 Å². The van der Waals surface area contributed by atoms with Crippen LogP contribution in [0.2, 0.25) is 0 Å². The molecule has 0 saturated heterocycles. The predicted octanol–water partition coefficient (Wildman–Crippen LogP) is 3.05. The van der Waals surface area contributed by atoms with Gasteiger partial charge in [0.05, 0.1) is 0 Å². The van der Waals surface area contributed by atoms with Gasteiger partial charge in [0.2, 0.25) is 0 Å². The second-order valence-electron chi connectivity index (χ2n) is 3.86. The fourth-order valence-electron chi connectivity index (χ4n) is 1.64. The molecule has 2 rings (SSSR count). The number of nitrogens with two attached hydrogens (primary N) is 1. The summed E-state index contributed by atoms with van der Waals surface area (Å²) >= 11 is 0. The highest BCUT2D eigenvalue weighted by Crippen LogP contribution is 2.29. The number of nitrogen functional groups attached to an aromatic ring is 1. The normalized spacial score (nSPS) is 10.9. The number of benzene rings is 1. The highest BCUT2D eigenvalue weighted by atomic mass is 16.5. The minimum atomic E-state index is 0.420. The van der Waals surface area contributed by atoms with Gasteiger partial charge in [0.1, 0.15) is 0 Å². The maximum atomic E-state index is 5.54. The van der Waals surface area contributed by atoms with Crippen molar-refractivity contribution in [3.63, 3.8) is 0 Å². The lowest BCUT2D eigenvalue weighted by atomic mass is 9.96. The fourth-order valence-corrected chi connectivity index (χ4v) is 1.64. The van der Waals surface area contributed by atoms with Gasteiger partial charge in [-0.3, -0.25) is 0 Å². The fraction of sp³-hybridized carbons (Fsp3) is 0.250. The molecule has 0 saturated carbocycles. The number of rotatable bonds is 2. The summed E-state index contributed by atoms with van der Waals surface area (Å²) in [5.74, 6) is 1.60. The predicted molar refractivity (Wildman–Crippen MR) is 60.4 cm³/mol. The van der Waals surface area contributed by atoms with E-state index in [-0.39, 0.29) is 0 Å². The molecule has 78 valence electrons. The van der Waals surface area contributed by atoms with Gasteiger partial charge in [-0.05, 0) is 11.5 Å². The molecule has 0 unspecified atom stereocenters. The molecule has 0 fully saturated rings. The lowest BCUT2D eigenvalue weighted by molar-refractivity contribution is 0.435. The van der Waals surface area contributed by atoms with E-state index in [0.29, 0.717) is 11.7 Å². The Labute approximate surface area is 88.9 Å². The average molecular weight is 202 g/mol. The van der Waals surface area contributed by atoms with Gasteiger partial charge in [-0.1, -0.05) is 43.3 Å². The Morgan fingerprint density at radius 2 is 2.00 bits per heavy atom. The average Bonchev–Trinajstić information content (AvgIpc) is 2.65. The maximum absolute atomic E-state index is 5.54. The van der Waals surface area contributed by atoms with Crippen molar-refractivity contribution in [1.29, 1.82) is 0 Å². The molecule has 3 nitrogen and oxygen atoms in total. The van der Waals surface area contributed by atoms with E-state index in [2.05, 4.69) is 25.1 Å². The standard InChI is InChI=1S/C12H14N2O/c1-8(2)9-5-3-4-6-10(9)11-7-12(13)14-15-11/h3-8H,1-2H3,(H2,13,14). The summed E-state index contributed by atoms with van der Waals surface area (Å²) in [5.41, 5.74) is 7.85. The number of aromatic nitrogens is 1. The van der Waals surface area contributed by atoms with Crippen molar-refractivity contribution in [3.05, 3.63) is 35.9 Å². The van der Waals surface area contributed by atoms with Gasteiger partial charge in [0, 0.05) is 11.6 Å². The van der Waals surface area contributed by atoms with E-state index in [1.165, 1.54) is 5.56 Å². The minimum absolute atomic E-state index is 0.420. The molecule has 1 aromatic heterocycles. The van der Waals surface area contributed by atoms with Crippen molar-refractivity contribution in [2.24, 2.45) is 0 Å². The van der Waals surface area contributed by atoms with Crippen LogP contribution >= 0.6 is 0 Å². The van der Waals surface area contributed by atoms with Gasteiger partial charge >= 0.3 is 0 Å². The zero-order chi connectivity index (χ0) is 10.8. The Kier molecular flexibility index (Phi) is 2.46. The van der Waals surface area contributed by atoms with E-state index in [4.69, 9.17) is 10.3 Å². The molecule has 1 aromatic carbocycles. The van der Waals surface area contributed by atoms with Gasteiger partial charge in [-0.25, -0.2) is 0 Å². The Hall–Kier alpha value is -1.77. The first kappa shape index (κ1) is 9.77. The SMILES string of the molecule is CC(C)c1ccccc1-c1cc(N)no1. The quantitative estimate of drug-likeness (QED) is 0.814. The third-order valence-corrected chi connectivity index (χ3v) is 2.38. The van der Waals surface area contributed by atoms with Crippen LogP contribution in [-0.4, -0.2) is 5.16 Å². The van der Waals surface area contributed by atoms with Crippen LogP contribution in [0.25, 0.3) is 11.3 Å². The van der Waals surface area contributed by atoms with Crippen molar-refractivity contribution < 1.29 is 4.52 Å². The van der Waals surface area contributed by atoms with Gasteiger partial charge in [-0.15, -0.1) is 0 Å². The molecule has 0 radical (unpaired) electrons. The molecule has 2 N–H and O–H groups in total. The zero-order valence-electron chi connectivity index (χ0n) is 8.90. The van der Waals surface area contributed by atoms with Gasteiger partial charge in [0.25, 0.3) is 0 Å². The van der Waals surface area contributed by atoms with Gasteiger partial charge in [0.15, 0.2) is 11.6 Å². The third kappa shape index (κ3) is 1.86. The van der Waals surface area contributed by atoms with Gasteiger partial charge < -0.3 is 10.3 Å². The lowest BCUT2D eigenvalue weighted by Gasteiger charge is -2.09. The second-order valence-corrected chi connectivity index (χ2v) is 3.86. The molecular formula is C12H14N2O. The highest BCUT2D eigenvalue weighted by molar-refractivity contribution is 5.64. The van der Waals surface area contributed by atoms with Crippen molar-refractivity contribution in [2.45, 2.75) is 19.8 Å². The number of hydrogen-bond donors (Lipinski definition) is 1. The largest absolute Gasteiger partial charge is 0.381 e. The molecule has 0 spiro atoms. The van der Waals surface area contributed by atoms with Crippen LogP contribution in [0.5, 0.6) is 0 Å². The highest BCUT2D eigenvalue weighted by Gasteiger charge is 2.11. The number of hydrogen-bond acceptors (Lipinski definition) is 3. The Morgan fingerprint density at radius 1 is 1.27 bits per heavy atom. The Morgan fingerprint density at radius 3 is 2.60 bits per heavy atom. The Bertz CT molecular complexity index is 460. The molecule has 1 heterocycles. The second kappa shape index (κ2) is 3.77. The van der Waals surface area contributed by atoms with Crippen LogP contribution in [0.3, 0.4) is 0 Å². The number of nitrogens with zero attached hydrogens (tertiary/aromatic N) is 1. The molecule has 0 atom stereocenters. The topological polar surface area (TPSA) is 52.0 Å². The van der Waals surface area contributed by atoms with Crippen molar-refractivity contribution in [2.75, 3.05) is 5.73 Å². The van der Waals surface area contributed by atoms with E-state index >= 15 is 0 Å². The summed E-state index contributed by atoms with van der Waals surface area (Å²) in [6.07, 6.45) is 0. The first-order valence-electron chi connectivity index (χ1n) is 5.00. The summed E-state index contributed by atoms with van der Waals surface area (Å²) < 4.78 is 5.17. The van der Waals surface area contributed by atoms with Crippen LogP contribution in [-0.2, 0) is 0 Å². The van der Waals surface area contributed by atoms with Crippen molar-refractivity contribution >= 4 is 5.82 Å². The summed E-state index contributed by atoms with van der Waals surface area (Å²) in [6, 6.07) is 9.88. The van der Waals surface area contributed by atoms with Crippen LogP contribution in [0.1, 0.15) is 25.3 Å². The summed E-state index contributed by atoms with van der Waals surface area (Å²) in [6.45, 7) is 4.30. The van der Waals surface area contributed by atoms with Crippen LogP contribution in [0.15, 0.2) is 34.9 Å². The summed E-state index contributed by atoms with van der Waals surface area (Å²) in [5, 5.41) is 3.70. The van der Waals surface area contributed by atoms with Crippen molar-refractivity contribution in [1.82, 2.24) is 5.16 Å². The monoisotopic (exact) mass is 202 g/mol. The van der Waals surface area contributed by atoms with E-state index < -0.39 is 0 Å². The van der Waals surface area contributed by atoms with Gasteiger partial charge in [-0.2, -0.15) is 0 Å². The Balaban J connectivity index is 2.52. The van der Waals surface area contributed by atoms with E-state index in [0.717, 1.165) is 11.3 Å². The summed E-state index contributed by atoms with van der Waals surface area (Å²) in [7, 11) is 0. The van der Waals surface area contributed by atoms with Crippen LogP contribution in [0, 0.1) is 0 Å². The molecule has 0 aliphatic carbocycles. The smallest absolute Gasteiger partial charge is 0.169 e. The molecule has 0 bridgehead atoms. The molecule has 0 aliphatic heterocycles. The number of anilines is 1. The molecule has 2 aromatic rings. The summed E-state index contributed by atoms with van der Waals surface area (Å²) in [4.78, 5) is 0. The molecule has 15 heavy (non-hydrogen) atoms. The first-order valence-corrected chi connectivity index (χ1v) is 5.00. The van der Waals surface area contributed by atoms with E-state index in [9.17, 15) is 0 Å². The zero-order valence-corrected chi connectivity index (χ0v) is 8.90. The molecule has 0 amide bonds. The first-order chi connectivity index (χ1) is 7.18. The van der Waals surface area contributed by atoms with E-state index in [1.807, 2.05) is 18.2 Å². The molecule has 0 aliphatic rings. The maximum Gasteiger partial charge on any atom is 0.169 e. The van der Waals surface area contributed by atoms with E-state index in [1.54, 1.807) is 6.07 Å². The minimum Gasteiger partial charge on any atom is -0.381 e.